The number of pyridine rings is 1. The molecule has 0 spiro atoms. The zero-order valence-electron chi connectivity index (χ0n) is 17.7. The highest BCUT2D eigenvalue weighted by Crippen LogP contribution is 2.31. The van der Waals surface area contributed by atoms with Gasteiger partial charge in [0.1, 0.15) is 17.1 Å². The molecule has 168 valence electrons. The largest absolute Gasteiger partial charge is 0.481 e. The summed E-state index contributed by atoms with van der Waals surface area (Å²) >= 11 is 0. The van der Waals surface area contributed by atoms with Crippen LogP contribution in [0.2, 0.25) is 0 Å². The summed E-state index contributed by atoms with van der Waals surface area (Å²) in [6, 6.07) is 14.2. The molecule has 1 amide bonds. The second-order valence-corrected chi connectivity index (χ2v) is 7.95. The number of carbonyl (C=O) groups is 1. The normalized spacial score (nSPS) is 16.8. The first-order valence-electron chi connectivity index (χ1n) is 10.6. The van der Waals surface area contributed by atoms with Gasteiger partial charge >= 0.3 is 6.18 Å². The Kier molecular flexibility index (Phi) is 6.21. The fourth-order valence-electron chi connectivity index (χ4n) is 3.91. The van der Waals surface area contributed by atoms with Crippen molar-refractivity contribution in [3.05, 3.63) is 60.2 Å². The monoisotopic (exact) mass is 443 g/mol. The van der Waals surface area contributed by atoms with E-state index in [0.29, 0.717) is 17.3 Å². The summed E-state index contributed by atoms with van der Waals surface area (Å²) in [5.74, 6) is 0.897. The van der Waals surface area contributed by atoms with Gasteiger partial charge in [0.2, 0.25) is 0 Å². The number of fused-ring (bicyclic) bond motifs is 1. The van der Waals surface area contributed by atoms with Crippen LogP contribution >= 0.6 is 0 Å². The van der Waals surface area contributed by atoms with E-state index in [9.17, 15) is 18.0 Å². The van der Waals surface area contributed by atoms with Crippen LogP contribution in [0.15, 0.2) is 54.6 Å². The van der Waals surface area contributed by atoms with Crippen molar-refractivity contribution in [2.24, 2.45) is 0 Å². The Morgan fingerprint density at radius 2 is 1.91 bits per heavy atom. The maximum Gasteiger partial charge on any atom is 0.416 e. The lowest BCUT2D eigenvalue weighted by atomic mass is 10.0. The number of alkyl halides is 3. The average molecular weight is 443 g/mol. The summed E-state index contributed by atoms with van der Waals surface area (Å²) < 4.78 is 43.7. The number of nitrogens with one attached hydrogen (secondary N) is 1. The Labute approximate surface area is 184 Å². The Hall–Kier alpha value is -3.29. The van der Waals surface area contributed by atoms with E-state index in [0.717, 1.165) is 42.7 Å². The third-order valence-electron chi connectivity index (χ3n) is 5.62. The van der Waals surface area contributed by atoms with Crippen LogP contribution < -0.4 is 15.0 Å². The van der Waals surface area contributed by atoms with Crippen molar-refractivity contribution in [1.82, 2.24) is 4.98 Å². The SMILES string of the molecule is CC1CCCCN1c1ccc2cccc(OCC(=O)Nc3ccc(C(F)(F)F)cc3)c2n1. The summed E-state index contributed by atoms with van der Waals surface area (Å²) in [7, 11) is 0. The van der Waals surface area contributed by atoms with E-state index in [1.807, 2.05) is 24.3 Å². The van der Waals surface area contributed by atoms with Gasteiger partial charge in [-0.25, -0.2) is 4.98 Å². The van der Waals surface area contributed by atoms with Crippen LogP contribution in [0.25, 0.3) is 10.9 Å². The molecule has 1 aliphatic rings. The standard InChI is InChI=1S/C24H24F3N3O2/c1-16-5-2-3-14-30(16)21-13-8-17-6-4-7-20(23(17)29-21)32-15-22(31)28-19-11-9-18(10-12-19)24(25,26)27/h4,6-13,16H,2-3,5,14-15H2,1H3,(H,28,31). The van der Waals surface area contributed by atoms with Crippen molar-refractivity contribution in [3.63, 3.8) is 0 Å². The van der Waals surface area contributed by atoms with Crippen molar-refractivity contribution in [2.75, 3.05) is 23.4 Å². The predicted octanol–water partition coefficient (Wildman–Crippen LogP) is 5.65. The van der Waals surface area contributed by atoms with E-state index in [1.165, 1.54) is 18.6 Å². The van der Waals surface area contributed by atoms with Gasteiger partial charge in [-0.3, -0.25) is 4.79 Å². The second-order valence-electron chi connectivity index (χ2n) is 7.95. The van der Waals surface area contributed by atoms with Crippen LogP contribution in [0.3, 0.4) is 0 Å². The molecule has 0 radical (unpaired) electrons. The molecule has 32 heavy (non-hydrogen) atoms. The number of halogens is 3. The Bertz CT molecular complexity index is 1100. The molecule has 2 aromatic carbocycles. The molecule has 0 bridgehead atoms. The molecule has 2 heterocycles. The van der Waals surface area contributed by atoms with Crippen LogP contribution in [0.5, 0.6) is 5.75 Å². The van der Waals surface area contributed by atoms with E-state index >= 15 is 0 Å². The number of ether oxygens (including phenoxy) is 1. The van der Waals surface area contributed by atoms with Crippen LogP contribution in [0.1, 0.15) is 31.7 Å². The molecule has 1 aromatic heterocycles. The molecular formula is C24H24F3N3O2. The number of nitrogens with zero attached hydrogens (tertiary/aromatic N) is 2. The molecule has 0 saturated carbocycles. The van der Waals surface area contributed by atoms with Gasteiger partial charge in [0, 0.05) is 23.7 Å². The first-order chi connectivity index (χ1) is 15.3. The van der Waals surface area contributed by atoms with E-state index in [-0.39, 0.29) is 12.3 Å². The van der Waals surface area contributed by atoms with E-state index in [2.05, 4.69) is 17.1 Å². The van der Waals surface area contributed by atoms with E-state index in [4.69, 9.17) is 9.72 Å². The number of carbonyl (C=O) groups excluding carboxylic acids is 1. The highest BCUT2D eigenvalue weighted by atomic mass is 19.4. The summed E-state index contributed by atoms with van der Waals surface area (Å²) in [5.41, 5.74) is 0.168. The van der Waals surface area contributed by atoms with Crippen molar-refractivity contribution in [3.8, 4) is 5.75 Å². The van der Waals surface area contributed by atoms with Gasteiger partial charge < -0.3 is 15.0 Å². The lowest BCUT2D eigenvalue weighted by Gasteiger charge is -2.34. The number of hydrogen-bond donors (Lipinski definition) is 1. The first kappa shape index (κ1) is 21.9. The lowest BCUT2D eigenvalue weighted by Crippen LogP contribution is -2.37. The number of amides is 1. The maximum absolute atomic E-state index is 12.7. The third-order valence-corrected chi connectivity index (χ3v) is 5.62. The van der Waals surface area contributed by atoms with Crippen molar-refractivity contribution < 1.29 is 22.7 Å². The third kappa shape index (κ3) is 4.95. The molecule has 5 nitrogen and oxygen atoms in total. The first-order valence-corrected chi connectivity index (χ1v) is 10.6. The van der Waals surface area contributed by atoms with Crippen LogP contribution in [-0.4, -0.2) is 30.1 Å². The Balaban J connectivity index is 1.45. The minimum absolute atomic E-state index is 0.268. The van der Waals surface area contributed by atoms with Crippen molar-refractivity contribution >= 4 is 28.3 Å². The molecule has 0 aliphatic carbocycles. The highest BCUT2D eigenvalue weighted by molar-refractivity contribution is 5.92. The van der Waals surface area contributed by atoms with Crippen molar-refractivity contribution in [1.29, 1.82) is 0 Å². The summed E-state index contributed by atoms with van der Waals surface area (Å²) in [5, 5.41) is 3.45. The fraction of sp³-hybridized carbons (Fsp3) is 0.333. The molecule has 1 saturated heterocycles. The zero-order chi connectivity index (χ0) is 22.7. The highest BCUT2D eigenvalue weighted by Gasteiger charge is 2.30. The minimum atomic E-state index is -4.42. The number of benzene rings is 2. The number of hydrogen-bond acceptors (Lipinski definition) is 4. The van der Waals surface area contributed by atoms with E-state index in [1.54, 1.807) is 6.07 Å². The fourth-order valence-corrected chi connectivity index (χ4v) is 3.91. The molecule has 1 aliphatic heterocycles. The number of aromatic nitrogens is 1. The Morgan fingerprint density at radius 3 is 2.62 bits per heavy atom. The van der Waals surface area contributed by atoms with Gasteiger partial charge in [0.15, 0.2) is 6.61 Å². The average Bonchev–Trinajstić information content (AvgIpc) is 2.77. The van der Waals surface area contributed by atoms with E-state index < -0.39 is 17.6 Å². The van der Waals surface area contributed by atoms with Crippen LogP contribution in [0, 0.1) is 0 Å². The Morgan fingerprint density at radius 1 is 1.12 bits per heavy atom. The molecule has 1 unspecified atom stereocenters. The van der Waals surface area contributed by atoms with Crippen LogP contribution in [-0.2, 0) is 11.0 Å². The molecule has 3 aromatic rings. The van der Waals surface area contributed by atoms with Crippen LogP contribution in [0.4, 0.5) is 24.7 Å². The molecule has 8 heteroatoms. The maximum atomic E-state index is 12.7. The van der Waals surface area contributed by atoms with Gasteiger partial charge in [0.25, 0.3) is 5.91 Å². The second kappa shape index (κ2) is 9.06. The predicted molar refractivity (Wildman–Crippen MR) is 118 cm³/mol. The number of anilines is 2. The number of rotatable bonds is 5. The van der Waals surface area contributed by atoms with Gasteiger partial charge in [0.05, 0.1) is 5.56 Å². The number of piperidine rings is 1. The smallest absolute Gasteiger partial charge is 0.416 e. The topological polar surface area (TPSA) is 54.5 Å². The summed E-state index contributed by atoms with van der Waals surface area (Å²) in [6.45, 7) is 2.86. The molecule has 1 atom stereocenters. The molecule has 1 N–H and O–H groups in total. The summed E-state index contributed by atoms with van der Waals surface area (Å²) in [4.78, 5) is 19.4. The van der Waals surface area contributed by atoms with Gasteiger partial charge in [-0.15, -0.1) is 0 Å². The quantitative estimate of drug-likeness (QED) is 0.554. The van der Waals surface area contributed by atoms with Gasteiger partial charge in [-0.05, 0) is 68.7 Å². The molecule has 4 rings (SSSR count). The number of para-hydroxylation sites is 1. The zero-order valence-corrected chi connectivity index (χ0v) is 17.7. The van der Waals surface area contributed by atoms with Gasteiger partial charge in [-0.1, -0.05) is 12.1 Å². The summed E-state index contributed by atoms with van der Waals surface area (Å²) in [6.07, 6.45) is -0.945. The lowest BCUT2D eigenvalue weighted by molar-refractivity contribution is -0.137. The molecule has 1 fully saturated rings. The molecular weight excluding hydrogens is 419 g/mol. The van der Waals surface area contributed by atoms with Gasteiger partial charge in [-0.2, -0.15) is 13.2 Å². The van der Waals surface area contributed by atoms with Crippen molar-refractivity contribution in [2.45, 2.75) is 38.4 Å². The minimum Gasteiger partial charge on any atom is -0.481 e.